The zero-order chi connectivity index (χ0) is 20.6. The molecular weight excluding hydrogens is 470 g/mol. The molecule has 152 valence electrons. The second kappa shape index (κ2) is 8.05. The summed E-state index contributed by atoms with van der Waals surface area (Å²) in [6, 6.07) is 3.07. The van der Waals surface area contributed by atoms with Gasteiger partial charge in [0.05, 0.1) is 16.8 Å². The van der Waals surface area contributed by atoms with Crippen molar-refractivity contribution >= 4 is 40.9 Å². The summed E-state index contributed by atoms with van der Waals surface area (Å²) in [5.41, 5.74) is 2.87. The van der Waals surface area contributed by atoms with Crippen molar-refractivity contribution in [2.75, 3.05) is 6.61 Å². The average molecular weight is 492 g/mol. The van der Waals surface area contributed by atoms with Gasteiger partial charge in [0, 0.05) is 20.9 Å². The lowest BCUT2D eigenvalue weighted by Gasteiger charge is -2.15. The van der Waals surface area contributed by atoms with Crippen LogP contribution in [0.1, 0.15) is 5.69 Å². The summed E-state index contributed by atoms with van der Waals surface area (Å²) >= 11 is 5.11. The fraction of sp³-hybridized carbons (Fsp3) is 0.389. The largest absolute Gasteiger partial charge is 0.359 e. The summed E-state index contributed by atoms with van der Waals surface area (Å²) in [6.45, 7) is 10.1. The van der Waals surface area contributed by atoms with E-state index in [4.69, 9.17) is 9.72 Å². The Kier molecular flexibility index (Phi) is 5.64. The van der Waals surface area contributed by atoms with Gasteiger partial charge in [0.2, 0.25) is 0 Å². The van der Waals surface area contributed by atoms with Crippen LogP contribution >= 0.6 is 27.3 Å². The van der Waals surface area contributed by atoms with Crippen molar-refractivity contribution in [1.29, 1.82) is 0 Å². The highest BCUT2D eigenvalue weighted by atomic mass is 79.9. The van der Waals surface area contributed by atoms with E-state index >= 15 is 0 Å². The Morgan fingerprint density at radius 2 is 2.03 bits per heavy atom. The molecule has 0 aliphatic heterocycles. The van der Waals surface area contributed by atoms with Gasteiger partial charge < -0.3 is 4.74 Å². The molecule has 8 nitrogen and oxygen atoms in total. The molecule has 0 saturated heterocycles. The molecule has 0 bridgehead atoms. The smallest absolute Gasteiger partial charge is 0.194 e. The van der Waals surface area contributed by atoms with Gasteiger partial charge in [0.1, 0.15) is 33.9 Å². The van der Waals surface area contributed by atoms with Crippen molar-refractivity contribution in [2.45, 2.75) is 39.3 Å². The second-order valence-corrected chi connectivity index (χ2v) is 15.3. The molecule has 0 radical (unpaired) electrons. The van der Waals surface area contributed by atoms with Gasteiger partial charge in [-0.1, -0.05) is 19.6 Å². The fourth-order valence-corrected chi connectivity index (χ4v) is 5.31. The lowest BCUT2D eigenvalue weighted by atomic mass is 10.2. The minimum Gasteiger partial charge on any atom is -0.359 e. The summed E-state index contributed by atoms with van der Waals surface area (Å²) < 4.78 is 9.97. The third-order valence-corrected chi connectivity index (χ3v) is 7.99. The number of rotatable bonds is 7. The van der Waals surface area contributed by atoms with Crippen LogP contribution in [-0.4, -0.2) is 49.0 Å². The van der Waals surface area contributed by atoms with Crippen molar-refractivity contribution in [3.8, 4) is 21.3 Å². The first-order valence-electron chi connectivity index (χ1n) is 9.25. The highest BCUT2D eigenvalue weighted by Gasteiger charge is 2.20. The maximum absolute atomic E-state index is 5.76. The van der Waals surface area contributed by atoms with Crippen molar-refractivity contribution in [3.05, 3.63) is 35.2 Å². The van der Waals surface area contributed by atoms with Crippen LogP contribution in [0, 0.1) is 6.92 Å². The molecule has 0 aliphatic rings. The molecule has 0 amide bonds. The van der Waals surface area contributed by atoms with Gasteiger partial charge in [-0.25, -0.2) is 24.1 Å². The van der Waals surface area contributed by atoms with E-state index in [1.54, 1.807) is 28.0 Å². The lowest BCUT2D eigenvalue weighted by Crippen LogP contribution is -2.22. The van der Waals surface area contributed by atoms with Gasteiger partial charge in [-0.05, 0) is 35.0 Å². The minimum absolute atomic E-state index is 0.404. The van der Waals surface area contributed by atoms with E-state index in [0.717, 1.165) is 43.9 Å². The van der Waals surface area contributed by atoms with Crippen molar-refractivity contribution < 1.29 is 4.74 Å². The van der Waals surface area contributed by atoms with Crippen molar-refractivity contribution in [1.82, 2.24) is 34.3 Å². The number of thiazole rings is 1. The van der Waals surface area contributed by atoms with Crippen molar-refractivity contribution in [2.24, 2.45) is 0 Å². The van der Waals surface area contributed by atoms with E-state index in [2.05, 4.69) is 55.7 Å². The molecule has 11 heteroatoms. The highest BCUT2D eigenvalue weighted by molar-refractivity contribution is 9.10. The zero-order valence-corrected chi connectivity index (χ0v) is 20.2. The maximum Gasteiger partial charge on any atom is 0.194 e. The molecule has 0 aromatic carbocycles. The Morgan fingerprint density at radius 1 is 1.21 bits per heavy atom. The molecule has 4 rings (SSSR count). The van der Waals surface area contributed by atoms with Gasteiger partial charge >= 0.3 is 0 Å². The topological polar surface area (TPSA) is 83.0 Å². The molecule has 0 saturated carbocycles. The van der Waals surface area contributed by atoms with Crippen LogP contribution in [0.15, 0.2) is 29.5 Å². The number of aryl methyl sites for hydroxylation is 1. The van der Waals surface area contributed by atoms with E-state index < -0.39 is 8.07 Å². The standard InChI is InChI=1S/C18H22BrN7OSSi/c1-12-14(13-5-6-20-9-26(13)23-12)18-22-16(19)15(28-18)17-21-10-25(24-17)11-27-7-8-29(2,3)4/h5-6,9-10H,7-8,11H2,1-4H3. The maximum atomic E-state index is 5.76. The molecule has 0 spiro atoms. The Labute approximate surface area is 182 Å². The molecule has 0 atom stereocenters. The Balaban J connectivity index is 1.54. The monoisotopic (exact) mass is 491 g/mol. The van der Waals surface area contributed by atoms with Crippen LogP contribution in [-0.2, 0) is 11.5 Å². The second-order valence-electron chi connectivity index (χ2n) is 7.97. The molecule has 29 heavy (non-hydrogen) atoms. The first-order valence-corrected chi connectivity index (χ1v) is 14.6. The fourth-order valence-electron chi connectivity index (χ4n) is 2.84. The normalized spacial score (nSPS) is 12.2. The van der Waals surface area contributed by atoms with Gasteiger partial charge in [-0.2, -0.15) is 5.10 Å². The summed E-state index contributed by atoms with van der Waals surface area (Å²) in [4.78, 5) is 14.1. The first-order chi connectivity index (χ1) is 13.8. The van der Waals surface area contributed by atoms with Crippen LogP contribution in [0.25, 0.3) is 26.8 Å². The van der Waals surface area contributed by atoms with E-state index in [9.17, 15) is 0 Å². The Hall–Kier alpha value is -1.95. The molecule has 0 fully saturated rings. The summed E-state index contributed by atoms with van der Waals surface area (Å²) in [7, 11) is -1.09. The highest BCUT2D eigenvalue weighted by Crippen LogP contribution is 2.39. The third-order valence-electron chi connectivity index (χ3n) is 4.38. The third kappa shape index (κ3) is 4.47. The van der Waals surface area contributed by atoms with E-state index in [1.165, 1.54) is 11.3 Å². The SMILES string of the molecule is Cc1nn2cnccc2c1-c1nc(Br)c(-c2ncn(COCC[Si](C)(C)C)n2)s1. The molecule has 0 N–H and O–H groups in total. The number of nitrogens with zero attached hydrogens (tertiary/aromatic N) is 7. The first kappa shape index (κ1) is 20.3. The van der Waals surface area contributed by atoms with Crippen LogP contribution in [0.4, 0.5) is 0 Å². The van der Waals surface area contributed by atoms with Gasteiger partial charge in [0.25, 0.3) is 0 Å². The van der Waals surface area contributed by atoms with E-state index in [-0.39, 0.29) is 0 Å². The Morgan fingerprint density at radius 3 is 2.83 bits per heavy atom. The van der Waals surface area contributed by atoms with Crippen LogP contribution in [0.3, 0.4) is 0 Å². The zero-order valence-electron chi connectivity index (χ0n) is 16.8. The molecule has 4 heterocycles. The summed E-state index contributed by atoms with van der Waals surface area (Å²) in [5.74, 6) is 0.630. The number of halogens is 1. The van der Waals surface area contributed by atoms with Crippen molar-refractivity contribution in [3.63, 3.8) is 0 Å². The minimum atomic E-state index is -1.09. The quantitative estimate of drug-likeness (QED) is 0.279. The van der Waals surface area contributed by atoms with Gasteiger partial charge in [-0.3, -0.25) is 0 Å². The number of aromatic nitrogens is 7. The van der Waals surface area contributed by atoms with E-state index in [0.29, 0.717) is 12.6 Å². The molecule has 0 unspecified atom stereocenters. The predicted molar refractivity (Wildman–Crippen MR) is 120 cm³/mol. The number of hydrogen-bond donors (Lipinski definition) is 0. The Bertz CT molecular complexity index is 1150. The number of fused-ring (bicyclic) bond motifs is 1. The van der Waals surface area contributed by atoms with Crippen LogP contribution in [0.5, 0.6) is 0 Å². The summed E-state index contributed by atoms with van der Waals surface area (Å²) in [5, 5.41) is 9.95. The predicted octanol–water partition coefficient (Wildman–Crippen LogP) is 4.49. The van der Waals surface area contributed by atoms with Crippen LogP contribution in [0.2, 0.25) is 25.7 Å². The number of ether oxygens (including phenoxy) is 1. The molecule has 4 aromatic heterocycles. The van der Waals surface area contributed by atoms with Gasteiger partial charge in [0.15, 0.2) is 5.82 Å². The molecule has 0 aliphatic carbocycles. The summed E-state index contributed by atoms with van der Waals surface area (Å²) in [6.07, 6.45) is 5.15. The van der Waals surface area contributed by atoms with E-state index in [1.807, 2.05) is 13.0 Å². The molecular formula is C18H22BrN7OSSi. The number of hydrogen-bond acceptors (Lipinski definition) is 7. The van der Waals surface area contributed by atoms with Crippen LogP contribution < -0.4 is 0 Å². The molecule has 4 aromatic rings. The lowest BCUT2D eigenvalue weighted by molar-refractivity contribution is 0.0785. The average Bonchev–Trinajstić information content (AvgIpc) is 3.34. The van der Waals surface area contributed by atoms with Gasteiger partial charge in [-0.15, -0.1) is 16.4 Å².